The van der Waals surface area contributed by atoms with Crippen LogP contribution in [0.2, 0.25) is 0 Å². The van der Waals surface area contributed by atoms with E-state index in [1.54, 1.807) is 0 Å². The standard InChI is InChI=1S/C8H14.Cl3HSi/c1-2-4-6-8-7-5-3-1;1-4(2)3/h1-2H,3-8H2;4H. The molecule has 0 unspecified atom stereocenters. The summed E-state index contributed by atoms with van der Waals surface area (Å²) in [5.41, 5.74) is 0. The molecule has 72 valence electrons. The van der Waals surface area contributed by atoms with E-state index in [1.165, 1.54) is 38.5 Å². The van der Waals surface area contributed by atoms with Crippen LogP contribution in [0.4, 0.5) is 0 Å². The Kier molecular flexibility index (Phi) is 10.6. The van der Waals surface area contributed by atoms with Crippen molar-refractivity contribution >= 4 is 40.0 Å². The van der Waals surface area contributed by atoms with Gasteiger partial charge in [0, 0.05) is 0 Å². The molecule has 1 rings (SSSR count). The molecule has 0 heterocycles. The van der Waals surface area contributed by atoms with E-state index < -0.39 is 6.73 Å². The molecule has 12 heavy (non-hydrogen) atoms. The number of hydrogen-bond acceptors (Lipinski definition) is 0. The normalized spacial score (nSPS) is 17.7. The van der Waals surface area contributed by atoms with Crippen molar-refractivity contribution in [2.24, 2.45) is 0 Å². The molecule has 0 nitrogen and oxygen atoms in total. The van der Waals surface area contributed by atoms with E-state index in [2.05, 4.69) is 12.2 Å². The minimum atomic E-state index is -1.72. The predicted molar refractivity (Wildman–Crippen MR) is 61.6 cm³/mol. The summed E-state index contributed by atoms with van der Waals surface area (Å²) in [6.07, 6.45) is 13.0. The molecule has 0 atom stereocenters. The fraction of sp³-hybridized carbons (Fsp3) is 0.750. The van der Waals surface area contributed by atoms with Crippen LogP contribution in [0, 0.1) is 0 Å². The van der Waals surface area contributed by atoms with E-state index in [0.29, 0.717) is 0 Å². The van der Waals surface area contributed by atoms with Crippen LogP contribution >= 0.6 is 33.2 Å². The van der Waals surface area contributed by atoms with E-state index in [4.69, 9.17) is 33.2 Å². The van der Waals surface area contributed by atoms with Gasteiger partial charge in [-0.25, -0.2) is 0 Å². The van der Waals surface area contributed by atoms with Crippen molar-refractivity contribution in [2.45, 2.75) is 38.5 Å². The molecule has 4 heteroatoms. The molecule has 0 saturated heterocycles. The average Bonchev–Trinajstić information content (AvgIpc) is 1.82. The molecule has 0 N–H and O–H groups in total. The maximum absolute atomic E-state index is 4.94. The van der Waals surface area contributed by atoms with Gasteiger partial charge in [-0.1, -0.05) is 25.0 Å². The smallest absolute Gasteiger partial charge is 0.130 e. The first-order chi connectivity index (χ1) is 5.73. The minimum absolute atomic E-state index is 1.32. The molecular weight excluding hydrogens is 231 g/mol. The lowest BCUT2D eigenvalue weighted by Gasteiger charge is -2.00. The van der Waals surface area contributed by atoms with Crippen LogP contribution in [0.1, 0.15) is 38.5 Å². The summed E-state index contributed by atoms with van der Waals surface area (Å²) >= 11 is 14.8. The van der Waals surface area contributed by atoms with Crippen molar-refractivity contribution in [3.05, 3.63) is 12.2 Å². The minimum Gasteiger partial charge on any atom is -0.130 e. The van der Waals surface area contributed by atoms with Crippen molar-refractivity contribution in [2.75, 3.05) is 0 Å². The van der Waals surface area contributed by atoms with Gasteiger partial charge in [0.2, 0.25) is 0 Å². The van der Waals surface area contributed by atoms with Crippen molar-refractivity contribution in [3.63, 3.8) is 0 Å². The lowest BCUT2D eigenvalue weighted by Crippen LogP contribution is -1.80. The van der Waals surface area contributed by atoms with Crippen LogP contribution in [-0.2, 0) is 0 Å². The van der Waals surface area contributed by atoms with Crippen molar-refractivity contribution in [3.8, 4) is 0 Å². The monoisotopic (exact) mass is 244 g/mol. The number of allylic oxidation sites excluding steroid dienone is 2. The van der Waals surface area contributed by atoms with E-state index >= 15 is 0 Å². The van der Waals surface area contributed by atoms with Gasteiger partial charge >= 0.3 is 6.73 Å². The third-order valence-electron chi connectivity index (χ3n) is 1.66. The first kappa shape index (κ1) is 12.8. The molecule has 0 aliphatic heterocycles. The van der Waals surface area contributed by atoms with Crippen LogP contribution < -0.4 is 0 Å². The lowest BCUT2D eigenvalue weighted by molar-refractivity contribution is 0.638. The van der Waals surface area contributed by atoms with Gasteiger partial charge in [0.15, 0.2) is 0 Å². The molecule has 0 aromatic carbocycles. The zero-order valence-corrected chi connectivity index (χ0v) is 10.5. The summed E-state index contributed by atoms with van der Waals surface area (Å²) in [7, 11) is 0. The molecule has 0 bridgehead atoms. The maximum atomic E-state index is 4.94. The summed E-state index contributed by atoms with van der Waals surface area (Å²) in [4.78, 5) is 0. The highest BCUT2D eigenvalue weighted by molar-refractivity contribution is 7.54. The van der Waals surface area contributed by atoms with Gasteiger partial charge in [0.1, 0.15) is 0 Å². The summed E-state index contributed by atoms with van der Waals surface area (Å²) in [5, 5.41) is 0. The average molecular weight is 246 g/mol. The van der Waals surface area contributed by atoms with Gasteiger partial charge in [0.05, 0.1) is 0 Å². The molecular formula is C8H15Cl3Si. The number of halogens is 3. The first-order valence-electron chi connectivity index (χ1n) is 4.30. The molecule has 0 saturated carbocycles. The van der Waals surface area contributed by atoms with Crippen LogP contribution in [0.25, 0.3) is 0 Å². The van der Waals surface area contributed by atoms with Gasteiger partial charge in [-0.15, -0.1) is 33.2 Å². The fourth-order valence-corrected chi connectivity index (χ4v) is 1.11. The summed E-state index contributed by atoms with van der Waals surface area (Å²) in [5.74, 6) is 0. The Hall–Kier alpha value is 0.827. The summed E-state index contributed by atoms with van der Waals surface area (Å²) in [6, 6.07) is 0. The molecule has 1 aliphatic rings. The Morgan fingerprint density at radius 1 is 0.750 bits per heavy atom. The number of hydrogen-bond donors (Lipinski definition) is 0. The largest absolute Gasteiger partial charge is 0.326 e. The topological polar surface area (TPSA) is 0 Å². The SMILES string of the molecule is C1=CCCCCCC1.Cl[SiH](Cl)Cl. The fourth-order valence-electron chi connectivity index (χ4n) is 1.11. The Morgan fingerprint density at radius 3 is 1.42 bits per heavy atom. The van der Waals surface area contributed by atoms with Crippen molar-refractivity contribution < 1.29 is 0 Å². The van der Waals surface area contributed by atoms with Gasteiger partial charge in [-0.3, -0.25) is 0 Å². The van der Waals surface area contributed by atoms with Crippen molar-refractivity contribution in [1.82, 2.24) is 0 Å². The molecule has 0 radical (unpaired) electrons. The Morgan fingerprint density at radius 2 is 1.08 bits per heavy atom. The first-order valence-corrected chi connectivity index (χ1v) is 9.54. The van der Waals surface area contributed by atoms with Gasteiger partial charge < -0.3 is 0 Å². The van der Waals surface area contributed by atoms with Crippen LogP contribution in [0.3, 0.4) is 0 Å². The van der Waals surface area contributed by atoms with Crippen LogP contribution in [-0.4, -0.2) is 6.73 Å². The molecule has 0 spiro atoms. The molecule has 0 amide bonds. The quantitative estimate of drug-likeness (QED) is 0.339. The predicted octanol–water partition coefficient (Wildman–Crippen LogP) is 4.32. The lowest BCUT2D eigenvalue weighted by atomic mass is 10.1. The van der Waals surface area contributed by atoms with E-state index in [0.717, 1.165) is 0 Å². The van der Waals surface area contributed by atoms with E-state index in [1.807, 2.05) is 0 Å². The van der Waals surface area contributed by atoms with Crippen molar-refractivity contribution in [1.29, 1.82) is 0 Å². The molecule has 1 aliphatic carbocycles. The highest BCUT2D eigenvalue weighted by Gasteiger charge is 1.90. The maximum Gasteiger partial charge on any atom is 0.326 e. The van der Waals surface area contributed by atoms with Gasteiger partial charge in [-0.05, 0) is 25.7 Å². The second kappa shape index (κ2) is 9.91. The third kappa shape index (κ3) is 13.4. The van der Waals surface area contributed by atoms with Gasteiger partial charge in [-0.2, -0.15) is 0 Å². The molecule has 0 fully saturated rings. The Bertz CT molecular complexity index is 102. The van der Waals surface area contributed by atoms with Crippen LogP contribution in [0.5, 0.6) is 0 Å². The zero-order chi connectivity index (χ0) is 9.23. The molecule has 0 aromatic heterocycles. The Balaban J connectivity index is 0.000000261. The summed E-state index contributed by atoms with van der Waals surface area (Å²) < 4.78 is 0. The van der Waals surface area contributed by atoms with E-state index in [9.17, 15) is 0 Å². The number of rotatable bonds is 0. The second-order valence-corrected chi connectivity index (χ2v) is 9.14. The van der Waals surface area contributed by atoms with Crippen LogP contribution in [0.15, 0.2) is 12.2 Å². The zero-order valence-electron chi connectivity index (χ0n) is 7.11. The second-order valence-electron chi connectivity index (χ2n) is 2.71. The molecule has 0 aromatic rings. The summed E-state index contributed by atoms with van der Waals surface area (Å²) in [6.45, 7) is -1.72. The Labute approximate surface area is 90.6 Å². The van der Waals surface area contributed by atoms with E-state index in [-0.39, 0.29) is 0 Å². The highest BCUT2D eigenvalue weighted by Crippen LogP contribution is 2.09. The third-order valence-corrected chi connectivity index (χ3v) is 1.66. The highest BCUT2D eigenvalue weighted by atomic mass is 35.8. The van der Waals surface area contributed by atoms with Gasteiger partial charge in [0.25, 0.3) is 0 Å².